The predicted octanol–water partition coefficient (Wildman–Crippen LogP) is 2.85. The van der Waals surface area contributed by atoms with Gasteiger partial charge in [-0.15, -0.1) is 0 Å². The molecule has 2 fully saturated rings. The van der Waals surface area contributed by atoms with Crippen LogP contribution in [0.15, 0.2) is 18.2 Å². The topological polar surface area (TPSA) is 64.7 Å². The first kappa shape index (κ1) is 21.4. The largest absolute Gasteiger partial charge is 0.350 e. The van der Waals surface area contributed by atoms with Crippen LogP contribution in [0.3, 0.4) is 0 Å². The Morgan fingerprint density at radius 1 is 1.00 bits per heavy atom. The first-order valence-electron chi connectivity index (χ1n) is 9.60. The summed E-state index contributed by atoms with van der Waals surface area (Å²) in [5.41, 5.74) is 0.682. The van der Waals surface area contributed by atoms with Gasteiger partial charge < -0.3 is 10.6 Å². The maximum Gasteiger partial charge on any atom is 0.238 e. The van der Waals surface area contributed by atoms with Crippen LogP contribution in [0.2, 0.25) is 10.0 Å². The number of halogens is 2. The van der Waals surface area contributed by atoms with Crippen molar-refractivity contribution in [3.63, 3.8) is 0 Å². The Labute approximate surface area is 176 Å². The Hall–Kier alpha value is -1.34. The van der Waals surface area contributed by atoms with Crippen LogP contribution in [0.1, 0.15) is 27.2 Å². The molecule has 28 heavy (non-hydrogen) atoms. The number of carbonyl (C=O) groups is 2. The van der Waals surface area contributed by atoms with Gasteiger partial charge in [0.05, 0.1) is 13.1 Å². The zero-order valence-electron chi connectivity index (χ0n) is 16.6. The smallest absolute Gasteiger partial charge is 0.238 e. The summed E-state index contributed by atoms with van der Waals surface area (Å²) in [6.07, 6.45) is 0.904. The van der Waals surface area contributed by atoms with Crippen LogP contribution < -0.4 is 10.6 Å². The maximum absolute atomic E-state index is 12.2. The second kappa shape index (κ2) is 8.19. The van der Waals surface area contributed by atoms with Crippen molar-refractivity contribution in [2.75, 3.05) is 44.6 Å². The summed E-state index contributed by atoms with van der Waals surface area (Å²) in [6.45, 7) is 10.5. The van der Waals surface area contributed by atoms with Gasteiger partial charge in [-0.1, -0.05) is 30.1 Å². The number of hydrogen-bond acceptors (Lipinski definition) is 4. The molecule has 0 atom stereocenters. The van der Waals surface area contributed by atoms with E-state index in [-0.39, 0.29) is 22.8 Å². The minimum atomic E-state index is -0.159. The second-order valence-electron chi connectivity index (χ2n) is 8.78. The van der Waals surface area contributed by atoms with E-state index in [0.29, 0.717) is 28.8 Å². The highest BCUT2D eigenvalue weighted by Crippen LogP contribution is 2.39. The summed E-state index contributed by atoms with van der Waals surface area (Å²) >= 11 is 11.9. The summed E-state index contributed by atoms with van der Waals surface area (Å²) in [5, 5.41) is 6.89. The molecule has 154 valence electrons. The highest BCUT2D eigenvalue weighted by Gasteiger charge is 2.51. The van der Waals surface area contributed by atoms with Crippen molar-refractivity contribution in [3.8, 4) is 0 Å². The van der Waals surface area contributed by atoms with Crippen LogP contribution in [0.25, 0.3) is 0 Å². The van der Waals surface area contributed by atoms with Gasteiger partial charge in [0.15, 0.2) is 0 Å². The van der Waals surface area contributed by atoms with Gasteiger partial charge in [0.2, 0.25) is 11.8 Å². The zero-order chi connectivity index (χ0) is 20.5. The SMILES string of the molecule is CCC(C)(C)NC(=O)CN1CC2(CN(CC(=O)Nc3cc(Cl)cc(Cl)c3)C2)C1. The van der Waals surface area contributed by atoms with Gasteiger partial charge in [-0.05, 0) is 38.5 Å². The molecule has 0 aliphatic carbocycles. The lowest BCUT2D eigenvalue weighted by atomic mass is 9.73. The van der Waals surface area contributed by atoms with Crippen LogP contribution >= 0.6 is 23.2 Å². The summed E-state index contributed by atoms with van der Waals surface area (Å²) in [4.78, 5) is 28.7. The summed E-state index contributed by atoms with van der Waals surface area (Å²) in [5.74, 6) is 0.00276. The van der Waals surface area contributed by atoms with Crippen molar-refractivity contribution < 1.29 is 9.59 Å². The number of rotatable bonds is 7. The van der Waals surface area contributed by atoms with E-state index < -0.39 is 0 Å². The fourth-order valence-electron chi connectivity index (χ4n) is 3.97. The lowest BCUT2D eigenvalue weighted by Gasteiger charge is -2.60. The lowest BCUT2D eigenvalue weighted by Crippen LogP contribution is -2.73. The molecule has 3 rings (SSSR count). The Balaban J connectivity index is 1.36. The van der Waals surface area contributed by atoms with Gasteiger partial charge in [-0.25, -0.2) is 0 Å². The Morgan fingerprint density at radius 2 is 1.50 bits per heavy atom. The number of anilines is 1. The van der Waals surface area contributed by atoms with E-state index in [1.807, 2.05) is 13.8 Å². The number of carbonyl (C=O) groups excluding carboxylic acids is 2. The van der Waals surface area contributed by atoms with E-state index in [1.165, 1.54) is 0 Å². The average molecular weight is 427 g/mol. The molecule has 0 unspecified atom stereocenters. The third-order valence-electron chi connectivity index (χ3n) is 5.48. The van der Waals surface area contributed by atoms with E-state index in [4.69, 9.17) is 23.2 Å². The molecule has 1 spiro atoms. The second-order valence-corrected chi connectivity index (χ2v) is 9.66. The van der Waals surface area contributed by atoms with Crippen molar-refractivity contribution in [3.05, 3.63) is 28.2 Å². The van der Waals surface area contributed by atoms with E-state index in [2.05, 4.69) is 27.4 Å². The number of amides is 2. The minimum Gasteiger partial charge on any atom is -0.350 e. The third kappa shape index (κ3) is 5.38. The molecule has 2 amide bonds. The number of benzene rings is 1. The van der Waals surface area contributed by atoms with Gasteiger partial charge in [-0.3, -0.25) is 19.4 Å². The van der Waals surface area contributed by atoms with Gasteiger partial charge >= 0.3 is 0 Å². The first-order chi connectivity index (χ1) is 13.1. The molecule has 6 nitrogen and oxygen atoms in total. The molecule has 0 bridgehead atoms. The number of nitrogens with zero attached hydrogens (tertiary/aromatic N) is 2. The van der Waals surface area contributed by atoms with Crippen LogP contribution in [0.4, 0.5) is 5.69 Å². The van der Waals surface area contributed by atoms with Crippen molar-refractivity contribution >= 4 is 40.7 Å². The fourth-order valence-corrected chi connectivity index (χ4v) is 4.49. The molecule has 2 aliphatic heterocycles. The van der Waals surface area contributed by atoms with Gasteiger partial charge in [0.1, 0.15) is 0 Å². The van der Waals surface area contributed by atoms with Gasteiger partial charge in [0.25, 0.3) is 0 Å². The standard InChI is InChI=1S/C20H28Cl2N4O2/c1-4-19(2,3)24-18(28)9-26-12-20(13-26)10-25(11-20)8-17(27)23-16-6-14(21)5-15(22)7-16/h5-7H,4,8-13H2,1-3H3,(H,23,27)(H,24,28). The first-order valence-corrected chi connectivity index (χ1v) is 10.4. The molecule has 2 N–H and O–H groups in total. The molecule has 2 saturated heterocycles. The van der Waals surface area contributed by atoms with Crippen molar-refractivity contribution in [1.29, 1.82) is 0 Å². The highest BCUT2D eigenvalue weighted by molar-refractivity contribution is 6.35. The van der Waals surface area contributed by atoms with Crippen LogP contribution in [0.5, 0.6) is 0 Å². The molecule has 0 saturated carbocycles. The molecule has 8 heteroatoms. The molecule has 1 aromatic carbocycles. The Kier molecular flexibility index (Phi) is 6.25. The minimum absolute atomic E-state index is 0.0782. The molecule has 0 radical (unpaired) electrons. The van der Waals surface area contributed by atoms with E-state index >= 15 is 0 Å². The van der Waals surface area contributed by atoms with Crippen molar-refractivity contribution in [1.82, 2.24) is 15.1 Å². The molecular weight excluding hydrogens is 399 g/mol. The maximum atomic E-state index is 12.2. The zero-order valence-corrected chi connectivity index (χ0v) is 18.2. The van der Waals surface area contributed by atoms with Crippen LogP contribution in [-0.2, 0) is 9.59 Å². The van der Waals surface area contributed by atoms with Gasteiger partial charge in [-0.2, -0.15) is 0 Å². The molecule has 2 aliphatic rings. The van der Waals surface area contributed by atoms with E-state index in [0.717, 1.165) is 32.6 Å². The normalized spacial score (nSPS) is 19.0. The third-order valence-corrected chi connectivity index (χ3v) is 5.91. The fraction of sp³-hybridized carbons (Fsp3) is 0.600. The van der Waals surface area contributed by atoms with Crippen LogP contribution in [0, 0.1) is 5.41 Å². The monoisotopic (exact) mass is 426 g/mol. The highest BCUT2D eigenvalue weighted by atomic mass is 35.5. The predicted molar refractivity (Wildman–Crippen MR) is 113 cm³/mol. The van der Waals surface area contributed by atoms with Crippen molar-refractivity contribution in [2.24, 2.45) is 5.41 Å². The Morgan fingerprint density at radius 3 is 2.00 bits per heavy atom. The molecule has 2 heterocycles. The van der Waals surface area contributed by atoms with E-state index in [9.17, 15) is 9.59 Å². The molecule has 1 aromatic rings. The van der Waals surface area contributed by atoms with Crippen molar-refractivity contribution in [2.45, 2.75) is 32.7 Å². The number of likely N-dealkylation sites (tertiary alicyclic amines) is 2. The summed E-state index contributed by atoms with van der Waals surface area (Å²) < 4.78 is 0. The van der Waals surface area contributed by atoms with Crippen LogP contribution in [-0.4, -0.2) is 66.4 Å². The number of hydrogen-bond donors (Lipinski definition) is 2. The molecular formula is C20H28Cl2N4O2. The van der Waals surface area contributed by atoms with E-state index in [1.54, 1.807) is 18.2 Å². The lowest BCUT2D eigenvalue weighted by molar-refractivity contribution is -0.141. The Bertz CT molecular complexity index is 734. The summed E-state index contributed by atoms with van der Waals surface area (Å²) in [7, 11) is 0. The van der Waals surface area contributed by atoms with Gasteiger partial charge in [0, 0.05) is 52.9 Å². The molecule has 0 aromatic heterocycles. The summed E-state index contributed by atoms with van der Waals surface area (Å²) in [6, 6.07) is 4.99. The number of nitrogens with one attached hydrogen (secondary N) is 2. The quantitative estimate of drug-likeness (QED) is 0.703. The average Bonchev–Trinajstić information content (AvgIpc) is 2.49.